The highest BCUT2D eigenvalue weighted by atomic mass is 19.1. The Labute approximate surface area is 471 Å². The summed E-state index contributed by atoms with van der Waals surface area (Å²) in [6.07, 6.45) is 12.6. The Morgan fingerprint density at radius 1 is 0.580 bits per heavy atom. The van der Waals surface area contributed by atoms with Crippen LogP contribution in [0.5, 0.6) is 0 Å². The van der Waals surface area contributed by atoms with Crippen LogP contribution in [0, 0.1) is 11.6 Å². The fraction of sp³-hybridized carbons (Fsp3) is 0.355. The maximum Gasteiger partial charge on any atom is 0.412 e. The van der Waals surface area contributed by atoms with Gasteiger partial charge in [-0.15, -0.1) is 0 Å². The van der Waals surface area contributed by atoms with E-state index in [0.29, 0.717) is 58.5 Å². The molecule has 0 bridgehead atoms. The van der Waals surface area contributed by atoms with Gasteiger partial charge in [0.1, 0.15) is 22.6 Å². The van der Waals surface area contributed by atoms with E-state index in [-0.39, 0.29) is 49.1 Å². The number of nitrogens with one attached hydrogen (secondary N) is 7. The molecular weight excluding hydrogens is 1030 g/mol. The van der Waals surface area contributed by atoms with Gasteiger partial charge in [0.05, 0.1) is 12.4 Å². The average Bonchev–Trinajstić information content (AvgIpc) is 4.20. The van der Waals surface area contributed by atoms with Crippen LogP contribution in [0.2, 0.25) is 0 Å². The number of hydrogen-bond donors (Lipinski definition) is 7. The second-order valence-corrected chi connectivity index (χ2v) is 22.3. The van der Waals surface area contributed by atoms with Crippen LogP contribution in [-0.4, -0.2) is 84.3 Å². The van der Waals surface area contributed by atoms with Crippen LogP contribution in [0.1, 0.15) is 138 Å². The number of ether oxygens (including phenoxy) is 2. The van der Waals surface area contributed by atoms with Gasteiger partial charge in [-0.1, -0.05) is 56.0 Å². The number of aromatic nitrogens is 5. The van der Waals surface area contributed by atoms with E-state index < -0.39 is 35.0 Å². The Morgan fingerprint density at radius 2 is 1.05 bits per heavy atom. The van der Waals surface area contributed by atoms with Crippen molar-refractivity contribution < 1.29 is 37.4 Å². The van der Waals surface area contributed by atoms with E-state index in [1.165, 1.54) is 12.4 Å². The Hall–Kier alpha value is -8.74. The van der Waals surface area contributed by atoms with E-state index in [2.05, 4.69) is 56.8 Å². The molecule has 4 aromatic carbocycles. The molecule has 0 aliphatic heterocycles. The molecule has 3 aliphatic rings. The first kappa shape index (κ1) is 58.4. The van der Waals surface area contributed by atoms with Gasteiger partial charge in [0.25, 0.3) is 11.8 Å². The zero-order chi connectivity index (χ0) is 56.6. The topological polar surface area (TPSA) is 226 Å². The van der Waals surface area contributed by atoms with Gasteiger partial charge in [0.2, 0.25) is 11.9 Å². The lowest BCUT2D eigenvalue weighted by molar-refractivity contribution is 0.0624. The van der Waals surface area contributed by atoms with Crippen molar-refractivity contribution in [1.29, 1.82) is 0 Å². The lowest BCUT2D eigenvalue weighted by atomic mass is 9.91. The molecule has 17 nitrogen and oxygen atoms in total. The summed E-state index contributed by atoms with van der Waals surface area (Å²) in [5, 5.41) is 19.1. The van der Waals surface area contributed by atoms with E-state index >= 15 is 0 Å². The Kier molecular flexibility index (Phi) is 18.4. The third-order valence-electron chi connectivity index (χ3n) is 13.7. The molecule has 0 unspecified atom stereocenters. The van der Waals surface area contributed by atoms with E-state index in [9.17, 15) is 28.0 Å². The highest BCUT2D eigenvalue weighted by Crippen LogP contribution is 2.34. The highest BCUT2D eigenvalue weighted by molar-refractivity contribution is 5.97. The number of nitrogens with zero attached hydrogens (tertiary/aromatic N) is 4. The van der Waals surface area contributed by atoms with Gasteiger partial charge in [-0.2, -0.15) is 0 Å². The number of anilines is 4. The maximum atomic E-state index is 14.7. The molecule has 2 saturated carbocycles. The number of amides is 4. The Morgan fingerprint density at radius 3 is 1.58 bits per heavy atom. The first-order chi connectivity index (χ1) is 38.3. The van der Waals surface area contributed by atoms with Crippen molar-refractivity contribution in [2.45, 2.75) is 142 Å². The normalized spacial score (nSPS) is 17.6. The van der Waals surface area contributed by atoms with E-state index in [1.54, 1.807) is 96.3 Å². The standard InChI is InChI=1S/C31H34FN5O3.C30H33FN6O3.CH4/c1-31(2,3)40-30(39)36-21-14-11-20(12-15-21)28(38)34-22-8-6-9-23(17-22)35-29-33-18-26(32)27(37-29)25-16-13-19-7-4-5-10-24(19)25;1-30(2,3)40-29(39)36-19-13-11-18(12-14-19)27(38)34-20-7-6-8-21(15-20)35-28-33-17-24(31)26(37-28)23-16-32-25-10-5-4-9-22(23)25;/h4-5,7,10-12,14-16,18,22-23H,6,8-9,13,17H2,1-3H3,(H,34,38)(H,36,39)(H,33,35,37);4-5,9-14,16-17,20-21,32H,6-8,15H2,1-3H3,(H,34,38)(H,36,39)(H,33,35,37);1H4/t22-,23+;20-,21+;/m00./s1. The fourth-order valence-electron chi connectivity index (χ4n) is 10.1. The van der Waals surface area contributed by atoms with Crippen molar-refractivity contribution in [1.82, 2.24) is 35.6 Å². The predicted molar refractivity (Wildman–Crippen MR) is 312 cm³/mol. The van der Waals surface area contributed by atoms with Gasteiger partial charge in [0, 0.05) is 74.9 Å². The van der Waals surface area contributed by atoms with Gasteiger partial charge < -0.3 is 35.7 Å². The van der Waals surface area contributed by atoms with Crippen molar-refractivity contribution in [3.8, 4) is 11.3 Å². The van der Waals surface area contributed by atoms with E-state index in [0.717, 1.165) is 72.5 Å². The Balaban J connectivity index is 0.000000210. The number of carbonyl (C=O) groups excluding carboxylic acids is 4. The third-order valence-corrected chi connectivity index (χ3v) is 13.7. The summed E-state index contributed by atoms with van der Waals surface area (Å²) in [6.45, 7) is 10.8. The fourth-order valence-corrected chi connectivity index (χ4v) is 10.1. The molecule has 3 aliphatic carbocycles. The minimum atomic E-state index is -0.598. The number of benzene rings is 4. The molecule has 81 heavy (non-hydrogen) atoms. The number of para-hydroxylation sites is 1. The van der Waals surface area contributed by atoms with Crippen molar-refractivity contribution in [3.05, 3.63) is 161 Å². The lowest BCUT2D eigenvalue weighted by Crippen LogP contribution is -2.42. The van der Waals surface area contributed by atoms with Gasteiger partial charge in [-0.3, -0.25) is 20.2 Å². The lowest BCUT2D eigenvalue weighted by Gasteiger charge is -2.30. The molecule has 19 heteroatoms. The zero-order valence-corrected chi connectivity index (χ0v) is 45.7. The van der Waals surface area contributed by atoms with Crippen LogP contribution < -0.4 is 31.9 Å². The number of H-pyrrole nitrogens is 1. The van der Waals surface area contributed by atoms with Gasteiger partial charge in [-0.25, -0.2) is 38.3 Å². The maximum absolute atomic E-state index is 14.7. The van der Waals surface area contributed by atoms with Crippen molar-refractivity contribution in [2.24, 2.45) is 0 Å². The first-order valence-corrected chi connectivity index (χ1v) is 27.0. The molecule has 0 spiro atoms. The summed E-state index contributed by atoms with van der Waals surface area (Å²) in [4.78, 5) is 70.3. The molecule has 3 aromatic heterocycles. The largest absolute Gasteiger partial charge is 0.444 e. The zero-order valence-electron chi connectivity index (χ0n) is 45.7. The van der Waals surface area contributed by atoms with Crippen LogP contribution in [0.15, 0.2) is 122 Å². The average molecular weight is 1100 g/mol. The predicted octanol–water partition coefficient (Wildman–Crippen LogP) is 13.0. The number of halogens is 2. The summed E-state index contributed by atoms with van der Waals surface area (Å²) in [5.74, 6) is -0.569. The van der Waals surface area contributed by atoms with E-state index in [4.69, 9.17) is 9.47 Å². The molecule has 4 atom stereocenters. The quantitative estimate of drug-likeness (QED) is 0.0607. The highest BCUT2D eigenvalue weighted by Gasteiger charge is 2.28. The monoisotopic (exact) mass is 1100 g/mol. The molecule has 4 amide bonds. The second kappa shape index (κ2) is 25.6. The minimum Gasteiger partial charge on any atom is -0.444 e. The van der Waals surface area contributed by atoms with Crippen molar-refractivity contribution in [2.75, 3.05) is 21.3 Å². The molecule has 424 valence electrons. The van der Waals surface area contributed by atoms with Gasteiger partial charge >= 0.3 is 12.2 Å². The van der Waals surface area contributed by atoms with Crippen LogP contribution in [0.3, 0.4) is 0 Å². The summed E-state index contributed by atoms with van der Waals surface area (Å²) in [5.41, 5.74) is 5.96. The van der Waals surface area contributed by atoms with Crippen molar-refractivity contribution in [3.63, 3.8) is 0 Å². The van der Waals surface area contributed by atoms with E-state index in [1.807, 2.05) is 54.6 Å². The molecular formula is C62H71F2N11O6. The molecule has 3 heterocycles. The minimum absolute atomic E-state index is 0. The number of hydrogen-bond acceptors (Lipinski definition) is 12. The number of fused-ring (bicyclic) bond motifs is 2. The number of carbonyl (C=O) groups is 4. The van der Waals surface area contributed by atoms with Crippen molar-refractivity contribution >= 4 is 63.7 Å². The smallest absolute Gasteiger partial charge is 0.412 e. The van der Waals surface area contributed by atoms with Crippen LogP contribution >= 0.6 is 0 Å². The van der Waals surface area contributed by atoms with Gasteiger partial charge in [-0.05, 0) is 165 Å². The number of aromatic amines is 1. The van der Waals surface area contributed by atoms with Crippen LogP contribution in [-0.2, 0) is 15.9 Å². The third kappa shape index (κ3) is 15.8. The van der Waals surface area contributed by atoms with Crippen LogP contribution in [0.4, 0.5) is 41.6 Å². The van der Waals surface area contributed by atoms with Gasteiger partial charge in [0.15, 0.2) is 11.6 Å². The van der Waals surface area contributed by atoms with Crippen LogP contribution in [0.25, 0.3) is 27.7 Å². The molecule has 0 saturated heterocycles. The molecule has 7 aromatic rings. The summed E-state index contributed by atoms with van der Waals surface area (Å²) in [6, 6.07) is 29.0. The SMILES string of the molecule is C.CC(C)(C)OC(=O)Nc1ccc(C(=O)N[C@H]2CCC[C@@H](Nc3ncc(F)c(-c4c[nH]c5ccccc45)n3)C2)cc1.CC(C)(C)OC(=O)Nc1ccc(C(=O)N[C@H]2CCC[C@@H](Nc3ncc(F)c(C4=CCc5ccccc54)n3)C2)cc1. The molecule has 0 radical (unpaired) electrons. The number of allylic oxidation sites excluding steroid dienone is 1. The summed E-state index contributed by atoms with van der Waals surface area (Å²) in [7, 11) is 0. The summed E-state index contributed by atoms with van der Waals surface area (Å²) < 4.78 is 40.0. The second-order valence-electron chi connectivity index (χ2n) is 22.3. The summed E-state index contributed by atoms with van der Waals surface area (Å²) >= 11 is 0. The first-order valence-electron chi connectivity index (χ1n) is 27.0. The molecule has 2 fully saturated rings. The molecule has 10 rings (SSSR count). The molecule has 7 N–H and O–H groups in total. The number of rotatable bonds is 12. The Bertz CT molecular complexity index is 3390.